The lowest BCUT2D eigenvalue weighted by atomic mass is 10.0. The van der Waals surface area contributed by atoms with Gasteiger partial charge < -0.3 is 15.5 Å². The molecule has 0 saturated heterocycles. The zero-order valence-corrected chi connectivity index (χ0v) is 16.8. The number of benzene rings is 3. The molecule has 0 fully saturated rings. The van der Waals surface area contributed by atoms with Crippen molar-refractivity contribution in [2.75, 3.05) is 18.4 Å². The standard InChI is InChI=1S/C25H25N3O2/c29-24(26-16-14-19-6-2-1-3-7-19)21-10-12-23(13-11-21)27-25(30)28-17-15-20-8-4-5-9-22(20)18-28/h1-13H,14-18H2,(H,26,29)(H,27,30). The van der Waals surface area contributed by atoms with Crippen molar-refractivity contribution in [1.29, 1.82) is 0 Å². The fourth-order valence-electron chi connectivity index (χ4n) is 3.64. The molecule has 1 aliphatic rings. The van der Waals surface area contributed by atoms with E-state index in [9.17, 15) is 9.59 Å². The van der Waals surface area contributed by atoms with E-state index in [0.717, 1.165) is 12.8 Å². The van der Waals surface area contributed by atoms with Gasteiger partial charge in [-0.1, -0.05) is 54.6 Å². The number of carbonyl (C=O) groups is 2. The summed E-state index contributed by atoms with van der Waals surface area (Å²) >= 11 is 0. The number of rotatable bonds is 5. The van der Waals surface area contributed by atoms with Crippen molar-refractivity contribution in [2.45, 2.75) is 19.4 Å². The third-order valence-electron chi connectivity index (χ3n) is 5.36. The Labute approximate surface area is 176 Å². The summed E-state index contributed by atoms with van der Waals surface area (Å²) in [7, 11) is 0. The predicted molar refractivity (Wildman–Crippen MR) is 118 cm³/mol. The second-order valence-electron chi connectivity index (χ2n) is 7.44. The molecule has 4 rings (SSSR count). The second kappa shape index (κ2) is 9.27. The van der Waals surface area contributed by atoms with Crippen molar-refractivity contribution < 1.29 is 9.59 Å². The van der Waals surface area contributed by atoms with E-state index in [0.29, 0.717) is 30.9 Å². The molecule has 0 spiro atoms. The van der Waals surface area contributed by atoms with Gasteiger partial charge in [0.1, 0.15) is 0 Å². The van der Waals surface area contributed by atoms with Gasteiger partial charge in [-0.25, -0.2) is 4.79 Å². The van der Waals surface area contributed by atoms with Gasteiger partial charge in [-0.05, 0) is 53.8 Å². The van der Waals surface area contributed by atoms with Gasteiger partial charge in [0.25, 0.3) is 5.91 Å². The van der Waals surface area contributed by atoms with Gasteiger partial charge >= 0.3 is 6.03 Å². The molecule has 5 heteroatoms. The SMILES string of the molecule is O=C(NCCc1ccccc1)c1ccc(NC(=O)N2CCc3ccccc3C2)cc1. The molecule has 1 heterocycles. The zero-order valence-electron chi connectivity index (χ0n) is 16.8. The molecule has 2 N–H and O–H groups in total. The highest BCUT2D eigenvalue weighted by molar-refractivity contribution is 5.95. The Morgan fingerprint density at radius 1 is 0.833 bits per heavy atom. The summed E-state index contributed by atoms with van der Waals surface area (Å²) < 4.78 is 0. The predicted octanol–water partition coefficient (Wildman–Crippen LogP) is 4.25. The van der Waals surface area contributed by atoms with Crippen LogP contribution in [-0.4, -0.2) is 29.9 Å². The van der Waals surface area contributed by atoms with Crippen molar-refractivity contribution in [2.24, 2.45) is 0 Å². The number of hydrogen-bond acceptors (Lipinski definition) is 2. The van der Waals surface area contributed by atoms with Crippen LogP contribution in [0.4, 0.5) is 10.5 Å². The number of urea groups is 1. The quantitative estimate of drug-likeness (QED) is 0.674. The van der Waals surface area contributed by atoms with Crippen LogP contribution in [0.3, 0.4) is 0 Å². The van der Waals surface area contributed by atoms with Crippen LogP contribution < -0.4 is 10.6 Å². The van der Waals surface area contributed by atoms with Crippen LogP contribution in [-0.2, 0) is 19.4 Å². The molecule has 0 aromatic heterocycles. The Morgan fingerprint density at radius 3 is 2.30 bits per heavy atom. The smallest absolute Gasteiger partial charge is 0.322 e. The molecule has 1 aliphatic heterocycles. The summed E-state index contributed by atoms with van der Waals surface area (Å²) in [6, 6.07) is 25.2. The Balaban J connectivity index is 1.28. The number of fused-ring (bicyclic) bond motifs is 1. The van der Waals surface area contributed by atoms with E-state index in [1.165, 1.54) is 16.7 Å². The van der Waals surface area contributed by atoms with Gasteiger partial charge in [0.15, 0.2) is 0 Å². The average Bonchev–Trinajstić information content (AvgIpc) is 2.80. The van der Waals surface area contributed by atoms with Crippen LogP contribution in [0, 0.1) is 0 Å². The van der Waals surface area contributed by atoms with Crippen molar-refractivity contribution in [3.05, 3.63) is 101 Å². The Hall–Kier alpha value is -3.60. The fraction of sp³-hybridized carbons (Fsp3) is 0.200. The van der Waals surface area contributed by atoms with Gasteiger partial charge in [-0.3, -0.25) is 4.79 Å². The maximum Gasteiger partial charge on any atom is 0.322 e. The van der Waals surface area contributed by atoms with Crippen molar-refractivity contribution in [1.82, 2.24) is 10.2 Å². The molecule has 0 atom stereocenters. The van der Waals surface area contributed by atoms with Crippen LogP contribution in [0.1, 0.15) is 27.0 Å². The monoisotopic (exact) mass is 399 g/mol. The molecule has 0 saturated carbocycles. The summed E-state index contributed by atoms with van der Waals surface area (Å²) in [6.45, 7) is 1.90. The highest BCUT2D eigenvalue weighted by Gasteiger charge is 2.20. The van der Waals surface area contributed by atoms with Crippen molar-refractivity contribution in [3.8, 4) is 0 Å². The molecule has 30 heavy (non-hydrogen) atoms. The number of anilines is 1. The van der Waals surface area contributed by atoms with Gasteiger partial charge in [-0.15, -0.1) is 0 Å². The molecule has 3 aromatic rings. The molecule has 0 bridgehead atoms. The first kappa shape index (κ1) is 19.7. The van der Waals surface area contributed by atoms with Gasteiger partial charge in [0, 0.05) is 30.9 Å². The normalized spacial score (nSPS) is 12.7. The highest BCUT2D eigenvalue weighted by atomic mass is 16.2. The molecule has 0 unspecified atom stereocenters. The molecule has 152 valence electrons. The van der Waals surface area contributed by atoms with Crippen molar-refractivity contribution in [3.63, 3.8) is 0 Å². The minimum Gasteiger partial charge on any atom is -0.352 e. The van der Waals surface area contributed by atoms with Crippen LogP contribution in [0.5, 0.6) is 0 Å². The average molecular weight is 399 g/mol. The van der Waals surface area contributed by atoms with E-state index in [4.69, 9.17) is 0 Å². The van der Waals surface area contributed by atoms with Crippen LogP contribution in [0.2, 0.25) is 0 Å². The molecular formula is C25H25N3O2. The first-order valence-electron chi connectivity index (χ1n) is 10.2. The Kier molecular flexibility index (Phi) is 6.09. The summed E-state index contributed by atoms with van der Waals surface area (Å²) in [4.78, 5) is 26.7. The molecule has 0 aliphatic carbocycles. The molecule has 3 amide bonds. The maximum absolute atomic E-state index is 12.6. The summed E-state index contributed by atoms with van der Waals surface area (Å²) in [5, 5.41) is 5.86. The van der Waals surface area contributed by atoms with E-state index >= 15 is 0 Å². The molecule has 5 nitrogen and oxygen atoms in total. The number of nitrogens with one attached hydrogen (secondary N) is 2. The Morgan fingerprint density at radius 2 is 1.53 bits per heavy atom. The number of hydrogen-bond donors (Lipinski definition) is 2. The third-order valence-corrected chi connectivity index (χ3v) is 5.36. The topological polar surface area (TPSA) is 61.4 Å². The fourth-order valence-corrected chi connectivity index (χ4v) is 3.64. The lowest BCUT2D eigenvalue weighted by molar-refractivity contribution is 0.0954. The minimum absolute atomic E-state index is 0.114. The van der Waals surface area contributed by atoms with Crippen LogP contribution in [0.15, 0.2) is 78.9 Å². The lowest BCUT2D eigenvalue weighted by Crippen LogP contribution is -2.38. The van der Waals surface area contributed by atoms with E-state index in [1.807, 2.05) is 47.4 Å². The van der Waals surface area contributed by atoms with Crippen LogP contribution >= 0.6 is 0 Å². The van der Waals surface area contributed by atoms with E-state index in [-0.39, 0.29) is 11.9 Å². The second-order valence-corrected chi connectivity index (χ2v) is 7.44. The van der Waals surface area contributed by atoms with Gasteiger partial charge in [0.2, 0.25) is 0 Å². The van der Waals surface area contributed by atoms with Crippen LogP contribution in [0.25, 0.3) is 0 Å². The van der Waals surface area contributed by atoms with E-state index < -0.39 is 0 Å². The molecule has 0 radical (unpaired) electrons. The van der Waals surface area contributed by atoms with E-state index in [2.05, 4.69) is 22.8 Å². The van der Waals surface area contributed by atoms with E-state index in [1.54, 1.807) is 24.3 Å². The first-order valence-corrected chi connectivity index (χ1v) is 10.2. The zero-order chi connectivity index (χ0) is 20.8. The third kappa shape index (κ3) is 4.87. The van der Waals surface area contributed by atoms with Gasteiger partial charge in [-0.2, -0.15) is 0 Å². The minimum atomic E-state index is -0.121. The molecular weight excluding hydrogens is 374 g/mol. The van der Waals surface area contributed by atoms with Gasteiger partial charge in [0.05, 0.1) is 0 Å². The summed E-state index contributed by atoms with van der Waals surface area (Å²) in [5.74, 6) is -0.114. The summed E-state index contributed by atoms with van der Waals surface area (Å²) in [5.41, 5.74) is 4.95. The number of carbonyl (C=O) groups excluding carboxylic acids is 2. The lowest BCUT2D eigenvalue weighted by Gasteiger charge is -2.29. The van der Waals surface area contributed by atoms with Crippen molar-refractivity contribution >= 4 is 17.6 Å². The molecule has 3 aromatic carbocycles. The number of nitrogens with zero attached hydrogens (tertiary/aromatic N) is 1. The highest BCUT2D eigenvalue weighted by Crippen LogP contribution is 2.19. The summed E-state index contributed by atoms with van der Waals surface area (Å²) in [6.07, 6.45) is 1.66. The Bertz CT molecular complexity index is 1020. The maximum atomic E-state index is 12.6. The number of amides is 3. The first-order chi connectivity index (χ1) is 14.7. The largest absolute Gasteiger partial charge is 0.352 e.